The quantitative estimate of drug-likeness (QED) is 0.735. The first kappa shape index (κ1) is 18.7. The van der Waals surface area contributed by atoms with Crippen LogP contribution in [0, 0.1) is 6.92 Å². The molecule has 8 heteroatoms. The molecule has 28 heavy (non-hydrogen) atoms. The molecule has 1 unspecified atom stereocenters. The van der Waals surface area contributed by atoms with E-state index < -0.39 is 0 Å². The molecule has 2 aromatic rings. The Balaban J connectivity index is 1.34. The minimum atomic E-state index is -0.361. The van der Waals surface area contributed by atoms with Crippen LogP contribution in [0.25, 0.3) is 0 Å². The van der Waals surface area contributed by atoms with E-state index in [1.54, 1.807) is 16.0 Å². The Morgan fingerprint density at radius 1 is 1.04 bits per heavy atom. The molecule has 0 spiro atoms. The summed E-state index contributed by atoms with van der Waals surface area (Å²) in [5, 5.41) is 8.62. The molecule has 2 aromatic heterocycles. The van der Waals surface area contributed by atoms with E-state index in [9.17, 15) is 9.59 Å². The van der Waals surface area contributed by atoms with Crippen LogP contribution >= 0.6 is 0 Å². The molecule has 0 bridgehead atoms. The molecular weight excluding hydrogens is 356 g/mol. The number of hydrogen-bond donors (Lipinski definition) is 0. The molecule has 4 rings (SSSR count). The Morgan fingerprint density at radius 2 is 1.79 bits per heavy atom. The van der Waals surface area contributed by atoms with Gasteiger partial charge in [-0.25, -0.2) is 0 Å². The van der Waals surface area contributed by atoms with Crippen LogP contribution in [0.3, 0.4) is 0 Å². The van der Waals surface area contributed by atoms with Crippen LogP contribution in [0.5, 0.6) is 0 Å². The summed E-state index contributed by atoms with van der Waals surface area (Å²) in [4.78, 5) is 29.1. The molecule has 1 atom stereocenters. The standard InChI is InChI=1S/C20H28N6O2/c1-15-12-22-26(13-15)17-6-10-24(11-7-17)19(27)20(28)25-9-3-4-16(14-25)18-5-8-21-23(18)2/h5,8,12-13,16-17H,3-4,6-7,9-11,14H2,1-2H3. The normalized spacial score (nSPS) is 21.1. The third kappa shape index (κ3) is 3.68. The van der Waals surface area contributed by atoms with Gasteiger partial charge in [-0.15, -0.1) is 0 Å². The first-order valence-electron chi connectivity index (χ1n) is 10.1. The van der Waals surface area contributed by atoms with E-state index in [1.165, 1.54) is 0 Å². The summed E-state index contributed by atoms with van der Waals surface area (Å²) >= 11 is 0. The Kier molecular flexibility index (Phi) is 5.19. The van der Waals surface area contributed by atoms with Crippen LogP contribution in [0.1, 0.15) is 48.9 Å². The maximum atomic E-state index is 12.8. The summed E-state index contributed by atoms with van der Waals surface area (Å²) in [6.07, 6.45) is 9.28. The van der Waals surface area contributed by atoms with Crippen LogP contribution in [-0.4, -0.2) is 67.4 Å². The predicted octanol–water partition coefficient (Wildman–Crippen LogP) is 1.49. The van der Waals surface area contributed by atoms with Crippen molar-refractivity contribution in [3.05, 3.63) is 35.9 Å². The van der Waals surface area contributed by atoms with Crippen molar-refractivity contribution in [1.29, 1.82) is 0 Å². The number of piperidine rings is 2. The molecular formula is C20H28N6O2. The first-order valence-corrected chi connectivity index (χ1v) is 10.1. The van der Waals surface area contributed by atoms with Gasteiger partial charge in [0.2, 0.25) is 0 Å². The lowest BCUT2D eigenvalue weighted by Crippen LogP contribution is -2.50. The predicted molar refractivity (Wildman–Crippen MR) is 104 cm³/mol. The molecule has 150 valence electrons. The maximum Gasteiger partial charge on any atom is 0.312 e. The number of rotatable bonds is 2. The Morgan fingerprint density at radius 3 is 2.43 bits per heavy atom. The number of carbonyl (C=O) groups excluding carboxylic acids is 2. The number of nitrogens with zero attached hydrogens (tertiary/aromatic N) is 6. The zero-order valence-corrected chi connectivity index (χ0v) is 16.6. The molecule has 8 nitrogen and oxygen atoms in total. The van der Waals surface area contributed by atoms with E-state index >= 15 is 0 Å². The molecule has 2 amide bonds. The minimum absolute atomic E-state index is 0.242. The van der Waals surface area contributed by atoms with Gasteiger partial charge in [0.25, 0.3) is 0 Å². The summed E-state index contributed by atoms with van der Waals surface area (Å²) in [5.41, 5.74) is 2.27. The number of amides is 2. The van der Waals surface area contributed by atoms with Crippen LogP contribution in [0.2, 0.25) is 0 Å². The van der Waals surface area contributed by atoms with Gasteiger partial charge in [-0.2, -0.15) is 10.2 Å². The average Bonchev–Trinajstić information content (AvgIpc) is 3.35. The van der Waals surface area contributed by atoms with Crippen LogP contribution < -0.4 is 0 Å². The third-order valence-corrected chi connectivity index (χ3v) is 6.03. The fourth-order valence-corrected chi connectivity index (χ4v) is 4.42. The zero-order chi connectivity index (χ0) is 19.7. The van der Waals surface area contributed by atoms with Gasteiger partial charge in [0.1, 0.15) is 0 Å². The summed E-state index contributed by atoms with van der Waals surface area (Å²) < 4.78 is 3.85. The Labute approximate surface area is 165 Å². The molecule has 2 aliphatic heterocycles. The monoisotopic (exact) mass is 384 g/mol. The van der Waals surface area contributed by atoms with E-state index in [4.69, 9.17) is 0 Å². The smallest absolute Gasteiger partial charge is 0.312 e. The highest BCUT2D eigenvalue weighted by Crippen LogP contribution is 2.27. The van der Waals surface area contributed by atoms with Crippen molar-refractivity contribution < 1.29 is 9.59 Å². The van der Waals surface area contributed by atoms with Crippen molar-refractivity contribution in [2.24, 2.45) is 7.05 Å². The van der Waals surface area contributed by atoms with Crippen LogP contribution in [-0.2, 0) is 16.6 Å². The van der Waals surface area contributed by atoms with Gasteiger partial charge in [-0.1, -0.05) is 0 Å². The second kappa shape index (κ2) is 7.77. The molecule has 2 fully saturated rings. The SMILES string of the molecule is Cc1cnn(C2CCN(C(=O)C(=O)N3CCCC(c4ccnn4C)C3)CC2)c1. The lowest BCUT2D eigenvalue weighted by atomic mass is 9.94. The van der Waals surface area contributed by atoms with Crippen molar-refractivity contribution in [2.75, 3.05) is 26.2 Å². The largest absolute Gasteiger partial charge is 0.334 e. The van der Waals surface area contributed by atoms with Crippen molar-refractivity contribution >= 4 is 11.8 Å². The average molecular weight is 384 g/mol. The third-order valence-electron chi connectivity index (χ3n) is 6.03. The molecule has 0 radical (unpaired) electrons. The van der Waals surface area contributed by atoms with Gasteiger partial charge in [0, 0.05) is 57.2 Å². The molecule has 0 aliphatic carbocycles. The molecule has 0 aromatic carbocycles. The second-order valence-electron chi connectivity index (χ2n) is 7.99. The van der Waals surface area contributed by atoms with Gasteiger partial charge < -0.3 is 9.80 Å². The highest BCUT2D eigenvalue weighted by molar-refractivity contribution is 6.34. The second-order valence-corrected chi connectivity index (χ2v) is 7.99. The number of aryl methyl sites for hydroxylation is 2. The van der Waals surface area contributed by atoms with Gasteiger partial charge in [-0.3, -0.25) is 19.0 Å². The maximum absolute atomic E-state index is 12.8. The highest BCUT2D eigenvalue weighted by Gasteiger charge is 2.34. The summed E-state index contributed by atoms with van der Waals surface area (Å²) in [5.74, 6) is -0.479. The molecule has 0 N–H and O–H groups in total. The molecule has 0 saturated carbocycles. The van der Waals surface area contributed by atoms with Gasteiger partial charge in [0.05, 0.1) is 12.2 Å². The van der Waals surface area contributed by atoms with Gasteiger partial charge >= 0.3 is 11.8 Å². The summed E-state index contributed by atoms with van der Waals surface area (Å²) in [6.45, 7) is 4.48. The topological polar surface area (TPSA) is 76.3 Å². The lowest BCUT2D eigenvalue weighted by Gasteiger charge is -2.36. The first-order chi connectivity index (χ1) is 13.5. The Hall–Kier alpha value is -2.64. The van der Waals surface area contributed by atoms with E-state index in [1.807, 2.05) is 41.8 Å². The molecule has 4 heterocycles. The van der Waals surface area contributed by atoms with Crippen LogP contribution in [0.4, 0.5) is 0 Å². The van der Waals surface area contributed by atoms with Crippen molar-refractivity contribution in [2.45, 2.75) is 44.6 Å². The zero-order valence-electron chi connectivity index (χ0n) is 16.6. The lowest BCUT2D eigenvalue weighted by molar-refractivity contribution is -0.153. The Bertz CT molecular complexity index is 849. The number of aromatic nitrogens is 4. The van der Waals surface area contributed by atoms with Crippen LogP contribution in [0.15, 0.2) is 24.7 Å². The highest BCUT2D eigenvalue weighted by atomic mass is 16.2. The van der Waals surface area contributed by atoms with E-state index in [-0.39, 0.29) is 17.7 Å². The van der Waals surface area contributed by atoms with E-state index in [0.717, 1.165) is 36.9 Å². The van der Waals surface area contributed by atoms with Crippen molar-refractivity contribution in [3.63, 3.8) is 0 Å². The summed E-state index contributed by atoms with van der Waals surface area (Å²) in [6, 6.07) is 2.31. The van der Waals surface area contributed by atoms with Gasteiger partial charge in [0.15, 0.2) is 0 Å². The number of likely N-dealkylation sites (tertiary alicyclic amines) is 2. The fraction of sp³-hybridized carbons (Fsp3) is 0.600. The van der Waals surface area contributed by atoms with Crippen molar-refractivity contribution in [3.8, 4) is 0 Å². The number of carbonyl (C=O) groups is 2. The van der Waals surface area contributed by atoms with Crippen molar-refractivity contribution in [1.82, 2.24) is 29.4 Å². The molecule has 2 saturated heterocycles. The molecule has 2 aliphatic rings. The van der Waals surface area contributed by atoms with E-state index in [2.05, 4.69) is 10.2 Å². The fourth-order valence-electron chi connectivity index (χ4n) is 4.42. The van der Waals surface area contributed by atoms with Gasteiger partial charge in [-0.05, 0) is 44.2 Å². The minimum Gasteiger partial charge on any atom is -0.334 e. The van der Waals surface area contributed by atoms with E-state index in [0.29, 0.717) is 32.2 Å². The number of hydrogen-bond acceptors (Lipinski definition) is 4. The summed E-state index contributed by atoms with van der Waals surface area (Å²) in [7, 11) is 1.92.